The Kier molecular flexibility index (Phi) is 6.51. The number of hydrogen-bond donors (Lipinski definition) is 1. The fourth-order valence-corrected chi connectivity index (χ4v) is 2.51. The molecule has 1 amide bonds. The van der Waals surface area contributed by atoms with Crippen LogP contribution in [-0.2, 0) is 27.3 Å². The van der Waals surface area contributed by atoms with E-state index >= 15 is 0 Å². The molecule has 2 aromatic carbocycles. The molecule has 3 aromatic rings. The highest BCUT2D eigenvalue weighted by molar-refractivity contribution is 5.80. The minimum Gasteiger partial charge on any atom is -0.454 e. The Morgan fingerprint density at radius 2 is 1.83 bits per heavy atom. The first-order valence-electron chi connectivity index (χ1n) is 8.82. The predicted octanol–water partition coefficient (Wildman–Crippen LogP) is 1.54. The first kappa shape index (κ1) is 20.0. The van der Waals surface area contributed by atoms with Crippen LogP contribution < -0.4 is 11.1 Å². The maximum atomic E-state index is 13.5. The Morgan fingerprint density at radius 3 is 2.59 bits per heavy atom. The van der Waals surface area contributed by atoms with Crippen molar-refractivity contribution in [1.29, 1.82) is 0 Å². The van der Waals surface area contributed by atoms with Crippen LogP contribution in [0.4, 0.5) is 4.39 Å². The lowest BCUT2D eigenvalue weighted by Gasteiger charge is -2.07. The monoisotopic (exact) mass is 399 g/mol. The SMILES string of the molecule is O=C(COC(=O)Cn1nc(-c2ccccc2)oc1=O)NCCc1ccccc1F. The lowest BCUT2D eigenvalue weighted by molar-refractivity contribution is -0.149. The summed E-state index contributed by atoms with van der Waals surface area (Å²) in [5.74, 6) is -2.43. The third kappa shape index (κ3) is 5.61. The summed E-state index contributed by atoms with van der Waals surface area (Å²) < 4.78 is 24.2. The van der Waals surface area contributed by atoms with Crippen molar-refractivity contribution in [2.24, 2.45) is 0 Å². The van der Waals surface area contributed by atoms with E-state index < -0.39 is 30.8 Å². The van der Waals surface area contributed by atoms with Gasteiger partial charge in [0, 0.05) is 12.1 Å². The minimum atomic E-state index is -0.815. The highest BCUT2D eigenvalue weighted by atomic mass is 19.1. The zero-order valence-electron chi connectivity index (χ0n) is 15.3. The van der Waals surface area contributed by atoms with E-state index in [4.69, 9.17) is 9.15 Å². The van der Waals surface area contributed by atoms with Crippen LogP contribution in [0.15, 0.2) is 63.8 Å². The molecule has 0 aliphatic heterocycles. The van der Waals surface area contributed by atoms with E-state index in [9.17, 15) is 18.8 Å². The maximum Gasteiger partial charge on any atom is 0.437 e. The summed E-state index contributed by atoms with van der Waals surface area (Å²) in [6.07, 6.45) is 0.308. The lowest BCUT2D eigenvalue weighted by Crippen LogP contribution is -2.32. The molecule has 3 rings (SSSR count). The average molecular weight is 399 g/mol. The van der Waals surface area contributed by atoms with E-state index in [2.05, 4.69) is 10.4 Å². The van der Waals surface area contributed by atoms with Crippen LogP contribution in [0.25, 0.3) is 11.5 Å². The summed E-state index contributed by atoms with van der Waals surface area (Å²) in [6.45, 7) is -0.813. The third-order valence-electron chi connectivity index (χ3n) is 3.94. The number of nitrogens with one attached hydrogen (secondary N) is 1. The van der Waals surface area contributed by atoms with Crippen LogP contribution in [0.2, 0.25) is 0 Å². The van der Waals surface area contributed by atoms with Gasteiger partial charge in [-0.3, -0.25) is 9.59 Å². The fourth-order valence-electron chi connectivity index (χ4n) is 2.51. The number of halogens is 1. The van der Waals surface area contributed by atoms with Crippen molar-refractivity contribution in [3.8, 4) is 11.5 Å². The quantitative estimate of drug-likeness (QED) is 0.577. The molecule has 8 nitrogen and oxygen atoms in total. The number of benzene rings is 2. The third-order valence-corrected chi connectivity index (χ3v) is 3.94. The molecule has 0 radical (unpaired) electrons. The summed E-state index contributed by atoms with van der Waals surface area (Å²) in [5, 5.41) is 6.47. The number of nitrogens with zero attached hydrogens (tertiary/aromatic N) is 2. The summed E-state index contributed by atoms with van der Waals surface area (Å²) in [5.41, 5.74) is 1.07. The van der Waals surface area contributed by atoms with Gasteiger partial charge in [-0.25, -0.2) is 9.18 Å². The molecular formula is C20H18FN3O5. The van der Waals surface area contributed by atoms with Crippen molar-refractivity contribution >= 4 is 11.9 Å². The van der Waals surface area contributed by atoms with E-state index in [1.807, 2.05) is 0 Å². The average Bonchev–Trinajstić information content (AvgIpc) is 3.09. The number of rotatable bonds is 8. The maximum absolute atomic E-state index is 13.5. The van der Waals surface area contributed by atoms with Gasteiger partial charge in [-0.05, 0) is 30.2 Å². The molecule has 0 fully saturated rings. The topological polar surface area (TPSA) is 103 Å². The number of esters is 1. The van der Waals surface area contributed by atoms with Gasteiger partial charge in [-0.15, -0.1) is 5.10 Å². The summed E-state index contributed by atoms with van der Waals surface area (Å²) >= 11 is 0. The highest BCUT2D eigenvalue weighted by Crippen LogP contribution is 2.13. The molecule has 0 saturated carbocycles. The van der Waals surface area contributed by atoms with Gasteiger partial charge in [-0.2, -0.15) is 4.68 Å². The predicted molar refractivity (Wildman–Crippen MR) is 100 cm³/mol. The number of carbonyl (C=O) groups is 2. The van der Waals surface area contributed by atoms with Gasteiger partial charge < -0.3 is 14.5 Å². The number of amides is 1. The zero-order valence-corrected chi connectivity index (χ0v) is 15.3. The van der Waals surface area contributed by atoms with Crippen molar-refractivity contribution in [1.82, 2.24) is 15.1 Å². The molecule has 0 aliphatic carbocycles. The van der Waals surface area contributed by atoms with E-state index in [1.165, 1.54) is 6.07 Å². The van der Waals surface area contributed by atoms with Gasteiger partial charge >= 0.3 is 11.7 Å². The number of aromatic nitrogens is 2. The van der Waals surface area contributed by atoms with Crippen molar-refractivity contribution < 1.29 is 23.1 Å². The first-order chi connectivity index (χ1) is 14.0. The molecule has 9 heteroatoms. The molecule has 0 unspecified atom stereocenters. The largest absolute Gasteiger partial charge is 0.454 e. The van der Waals surface area contributed by atoms with Crippen LogP contribution in [-0.4, -0.2) is 34.8 Å². The van der Waals surface area contributed by atoms with Crippen LogP contribution in [0.5, 0.6) is 0 Å². The van der Waals surface area contributed by atoms with E-state index in [0.717, 1.165) is 4.68 Å². The van der Waals surface area contributed by atoms with Gasteiger partial charge in [0.2, 0.25) is 5.89 Å². The molecule has 150 valence electrons. The molecule has 0 aliphatic rings. The number of carbonyl (C=O) groups excluding carboxylic acids is 2. The van der Waals surface area contributed by atoms with Gasteiger partial charge in [0.25, 0.3) is 5.91 Å². The van der Waals surface area contributed by atoms with Crippen molar-refractivity contribution in [2.45, 2.75) is 13.0 Å². The van der Waals surface area contributed by atoms with Gasteiger partial charge in [0.15, 0.2) is 6.61 Å². The first-order valence-corrected chi connectivity index (χ1v) is 8.82. The fraction of sp³-hybridized carbons (Fsp3) is 0.200. The second-order valence-electron chi connectivity index (χ2n) is 6.05. The molecule has 0 spiro atoms. The number of ether oxygens (including phenoxy) is 1. The van der Waals surface area contributed by atoms with Gasteiger partial charge in [-0.1, -0.05) is 36.4 Å². The second-order valence-corrected chi connectivity index (χ2v) is 6.05. The second kappa shape index (κ2) is 9.45. The molecule has 1 aromatic heterocycles. The summed E-state index contributed by atoms with van der Waals surface area (Å²) in [6, 6.07) is 15.0. The molecule has 0 atom stereocenters. The van der Waals surface area contributed by atoms with E-state index in [0.29, 0.717) is 17.5 Å². The van der Waals surface area contributed by atoms with E-state index in [1.54, 1.807) is 48.5 Å². The Bertz CT molecular complexity index is 1050. The van der Waals surface area contributed by atoms with Gasteiger partial charge in [0.05, 0.1) is 0 Å². The van der Waals surface area contributed by atoms with Crippen molar-refractivity contribution in [3.05, 3.63) is 76.5 Å². The van der Waals surface area contributed by atoms with Gasteiger partial charge in [0.1, 0.15) is 12.4 Å². The Morgan fingerprint density at radius 1 is 1.10 bits per heavy atom. The highest BCUT2D eigenvalue weighted by Gasteiger charge is 2.15. The zero-order chi connectivity index (χ0) is 20.6. The molecular weight excluding hydrogens is 381 g/mol. The normalized spacial score (nSPS) is 10.5. The minimum absolute atomic E-state index is 0.0780. The van der Waals surface area contributed by atoms with Crippen LogP contribution >= 0.6 is 0 Å². The Balaban J connectivity index is 1.44. The van der Waals surface area contributed by atoms with Crippen molar-refractivity contribution in [2.75, 3.05) is 13.2 Å². The summed E-state index contributed by atoms with van der Waals surface area (Å²) in [4.78, 5) is 35.4. The molecule has 0 saturated heterocycles. The van der Waals surface area contributed by atoms with Crippen LogP contribution in [0.1, 0.15) is 5.56 Å². The Labute approximate surface area is 164 Å². The van der Waals surface area contributed by atoms with Crippen LogP contribution in [0.3, 0.4) is 0 Å². The summed E-state index contributed by atoms with van der Waals surface area (Å²) in [7, 11) is 0. The molecule has 1 N–H and O–H groups in total. The molecule has 1 heterocycles. The van der Waals surface area contributed by atoms with Crippen molar-refractivity contribution in [3.63, 3.8) is 0 Å². The lowest BCUT2D eigenvalue weighted by atomic mass is 10.1. The standard InChI is InChI=1S/C20H18FN3O5/c21-16-9-5-4-6-14(16)10-11-22-17(25)13-28-18(26)12-24-20(27)29-19(23-24)15-7-2-1-3-8-15/h1-9H,10-13H2,(H,22,25). The smallest absolute Gasteiger partial charge is 0.437 e. The van der Waals surface area contributed by atoms with E-state index in [-0.39, 0.29) is 18.3 Å². The molecule has 0 bridgehead atoms. The number of hydrogen-bond acceptors (Lipinski definition) is 6. The van der Waals surface area contributed by atoms with Crippen LogP contribution in [0, 0.1) is 5.82 Å². The molecule has 29 heavy (non-hydrogen) atoms. The Hall–Kier alpha value is -3.75.